The third kappa shape index (κ3) is 5.17. The zero-order chi connectivity index (χ0) is 24.1. The number of hydrogen-bond acceptors (Lipinski definition) is 5. The minimum Gasteiger partial charge on any atom is -0.495 e. The van der Waals surface area contributed by atoms with Crippen LogP contribution in [-0.4, -0.2) is 48.7 Å². The SMILES string of the molecule is COc1ccccc1NC(=O)N1CCC(CNC(=O)c2c(-c3ccccc3Cl)noc2C)CC1. The number of likely N-dealkylation sites (tertiary alicyclic amines) is 1. The second-order valence-corrected chi connectivity index (χ2v) is 8.62. The first-order valence-electron chi connectivity index (χ1n) is 11.2. The van der Waals surface area contributed by atoms with Gasteiger partial charge in [0.1, 0.15) is 22.8 Å². The molecule has 1 saturated heterocycles. The van der Waals surface area contributed by atoms with Crippen LogP contribution in [0.1, 0.15) is 29.0 Å². The minimum absolute atomic E-state index is 0.156. The molecule has 178 valence electrons. The van der Waals surface area contributed by atoms with E-state index in [1.165, 1.54) is 0 Å². The van der Waals surface area contributed by atoms with Crippen molar-refractivity contribution >= 4 is 29.2 Å². The smallest absolute Gasteiger partial charge is 0.321 e. The van der Waals surface area contributed by atoms with Crippen LogP contribution >= 0.6 is 11.6 Å². The lowest BCUT2D eigenvalue weighted by atomic mass is 9.96. The number of para-hydroxylation sites is 2. The maximum absolute atomic E-state index is 13.0. The van der Waals surface area contributed by atoms with Crippen LogP contribution in [0, 0.1) is 12.8 Å². The lowest BCUT2D eigenvalue weighted by molar-refractivity contribution is 0.0937. The molecule has 0 unspecified atom stereocenters. The molecule has 0 bridgehead atoms. The Labute approximate surface area is 203 Å². The topological polar surface area (TPSA) is 96.7 Å². The number of amides is 3. The van der Waals surface area contributed by atoms with Crippen LogP contribution < -0.4 is 15.4 Å². The van der Waals surface area contributed by atoms with E-state index < -0.39 is 0 Å². The first-order chi connectivity index (χ1) is 16.5. The number of piperidine rings is 1. The number of nitrogens with one attached hydrogen (secondary N) is 2. The molecule has 2 aromatic carbocycles. The average molecular weight is 483 g/mol. The summed E-state index contributed by atoms with van der Waals surface area (Å²) >= 11 is 6.29. The molecule has 2 heterocycles. The normalized spacial score (nSPS) is 14.0. The fourth-order valence-electron chi connectivity index (χ4n) is 4.08. The standard InChI is InChI=1S/C25H27ClN4O4/c1-16-22(23(29-34-16)18-7-3-4-8-19(18)26)24(31)27-15-17-11-13-30(14-12-17)25(32)28-20-9-5-6-10-21(20)33-2/h3-10,17H,11-15H2,1-2H3,(H,27,31)(H,28,32). The molecular formula is C25H27ClN4O4. The van der Waals surface area contributed by atoms with Gasteiger partial charge in [0, 0.05) is 25.2 Å². The van der Waals surface area contributed by atoms with Crippen molar-refractivity contribution in [2.75, 3.05) is 32.1 Å². The van der Waals surface area contributed by atoms with Crippen molar-refractivity contribution in [2.45, 2.75) is 19.8 Å². The van der Waals surface area contributed by atoms with Crippen molar-refractivity contribution < 1.29 is 18.8 Å². The number of anilines is 1. The molecule has 34 heavy (non-hydrogen) atoms. The molecular weight excluding hydrogens is 456 g/mol. The lowest BCUT2D eigenvalue weighted by Crippen LogP contribution is -2.43. The van der Waals surface area contributed by atoms with E-state index in [-0.39, 0.29) is 17.9 Å². The Morgan fingerprint density at radius 1 is 1.15 bits per heavy atom. The Morgan fingerprint density at radius 3 is 2.59 bits per heavy atom. The Kier molecular flexibility index (Phi) is 7.37. The second-order valence-electron chi connectivity index (χ2n) is 8.21. The van der Waals surface area contributed by atoms with Gasteiger partial charge >= 0.3 is 6.03 Å². The molecule has 0 radical (unpaired) electrons. The number of urea groups is 1. The zero-order valence-electron chi connectivity index (χ0n) is 19.1. The third-order valence-electron chi connectivity index (χ3n) is 6.02. The zero-order valence-corrected chi connectivity index (χ0v) is 19.9. The summed E-state index contributed by atoms with van der Waals surface area (Å²) in [5.74, 6) is 1.08. The van der Waals surface area contributed by atoms with E-state index in [0.29, 0.717) is 58.7 Å². The van der Waals surface area contributed by atoms with Gasteiger partial charge in [-0.3, -0.25) is 4.79 Å². The third-order valence-corrected chi connectivity index (χ3v) is 6.35. The van der Waals surface area contributed by atoms with E-state index in [1.54, 1.807) is 31.1 Å². The van der Waals surface area contributed by atoms with Gasteiger partial charge in [0.25, 0.3) is 5.91 Å². The van der Waals surface area contributed by atoms with Gasteiger partial charge in [0.05, 0.1) is 17.8 Å². The molecule has 3 aromatic rings. The Morgan fingerprint density at radius 2 is 1.85 bits per heavy atom. The monoisotopic (exact) mass is 482 g/mol. The van der Waals surface area contributed by atoms with Crippen LogP contribution in [-0.2, 0) is 0 Å². The van der Waals surface area contributed by atoms with Crippen molar-refractivity contribution in [3.63, 3.8) is 0 Å². The van der Waals surface area contributed by atoms with Crippen molar-refractivity contribution in [3.05, 3.63) is 64.9 Å². The summed E-state index contributed by atoms with van der Waals surface area (Å²) in [4.78, 5) is 27.4. The Bertz CT molecular complexity index is 1170. The average Bonchev–Trinajstić information content (AvgIpc) is 3.24. The van der Waals surface area contributed by atoms with E-state index >= 15 is 0 Å². The minimum atomic E-state index is -0.245. The largest absolute Gasteiger partial charge is 0.495 e. The molecule has 1 aromatic heterocycles. The summed E-state index contributed by atoms with van der Waals surface area (Å²) in [5.41, 5.74) is 2.12. The fraction of sp³-hybridized carbons (Fsp3) is 0.320. The van der Waals surface area contributed by atoms with Crippen LogP contribution in [0.4, 0.5) is 10.5 Å². The maximum atomic E-state index is 13.0. The molecule has 0 spiro atoms. The van der Waals surface area contributed by atoms with Gasteiger partial charge in [-0.25, -0.2) is 4.79 Å². The molecule has 9 heteroatoms. The van der Waals surface area contributed by atoms with Gasteiger partial charge in [-0.15, -0.1) is 0 Å². The predicted octanol–water partition coefficient (Wildman–Crippen LogP) is 4.99. The number of hydrogen-bond donors (Lipinski definition) is 2. The van der Waals surface area contributed by atoms with Gasteiger partial charge in [0.2, 0.25) is 0 Å². The molecule has 0 saturated carbocycles. The Hall–Kier alpha value is -3.52. The van der Waals surface area contributed by atoms with Crippen LogP contribution in [0.3, 0.4) is 0 Å². The van der Waals surface area contributed by atoms with Crippen LogP contribution in [0.5, 0.6) is 5.75 Å². The number of nitrogens with zero attached hydrogens (tertiary/aromatic N) is 2. The summed E-state index contributed by atoms with van der Waals surface area (Å²) in [6.45, 7) is 3.44. The number of benzene rings is 2. The van der Waals surface area contributed by atoms with Crippen LogP contribution in [0.15, 0.2) is 53.1 Å². The Balaban J connectivity index is 1.31. The molecule has 1 aliphatic rings. The van der Waals surface area contributed by atoms with Gasteiger partial charge in [-0.05, 0) is 43.9 Å². The molecule has 1 fully saturated rings. The molecule has 2 N–H and O–H groups in total. The molecule has 1 aliphatic heterocycles. The van der Waals surface area contributed by atoms with Gasteiger partial charge in [-0.1, -0.05) is 47.1 Å². The lowest BCUT2D eigenvalue weighted by Gasteiger charge is -2.32. The number of rotatable bonds is 6. The highest BCUT2D eigenvalue weighted by atomic mass is 35.5. The molecule has 0 aliphatic carbocycles. The van der Waals surface area contributed by atoms with Gasteiger partial charge < -0.3 is 24.8 Å². The molecule has 0 atom stereocenters. The number of ether oxygens (including phenoxy) is 1. The maximum Gasteiger partial charge on any atom is 0.321 e. The quantitative estimate of drug-likeness (QED) is 0.516. The summed E-state index contributed by atoms with van der Waals surface area (Å²) in [6.07, 6.45) is 1.58. The number of aryl methyl sites for hydroxylation is 1. The molecule has 3 amide bonds. The van der Waals surface area contributed by atoms with Gasteiger partial charge in [-0.2, -0.15) is 0 Å². The van der Waals surface area contributed by atoms with Crippen molar-refractivity contribution in [1.29, 1.82) is 0 Å². The van der Waals surface area contributed by atoms with Crippen LogP contribution in [0.25, 0.3) is 11.3 Å². The molecule has 4 rings (SSSR count). The van der Waals surface area contributed by atoms with Gasteiger partial charge in [0.15, 0.2) is 0 Å². The summed E-state index contributed by atoms with van der Waals surface area (Å²) in [7, 11) is 1.57. The first-order valence-corrected chi connectivity index (χ1v) is 11.5. The highest BCUT2D eigenvalue weighted by Crippen LogP contribution is 2.31. The van der Waals surface area contributed by atoms with E-state index in [0.717, 1.165) is 12.8 Å². The summed E-state index contributed by atoms with van der Waals surface area (Å²) in [6, 6.07) is 14.4. The van der Waals surface area contributed by atoms with Crippen molar-refractivity contribution in [1.82, 2.24) is 15.4 Å². The van der Waals surface area contributed by atoms with E-state index in [2.05, 4.69) is 15.8 Å². The number of aromatic nitrogens is 1. The number of halogens is 1. The highest BCUT2D eigenvalue weighted by Gasteiger charge is 2.26. The van der Waals surface area contributed by atoms with E-state index in [4.69, 9.17) is 20.9 Å². The molecule has 8 nitrogen and oxygen atoms in total. The van der Waals surface area contributed by atoms with E-state index in [1.807, 2.05) is 36.4 Å². The second kappa shape index (κ2) is 10.6. The summed E-state index contributed by atoms with van der Waals surface area (Å²) < 4.78 is 10.6. The predicted molar refractivity (Wildman–Crippen MR) is 130 cm³/mol. The fourth-order valence-corrected chi connectivity index (χ4v) is 4.31. The number of methoxy groups -OCH3 is 1. The summed E-state index contributed by atoms with van der Waals surface area (Å²) in [5, 5.41) is 10.5. The highest BCUT2D eigenvalue weighted by molar-refractivity contribution is 6.33. The van der Waals surface area contributed by atoms with Crippen molar-refractivity contribution in [3.8, 4) is 17.0 Å². The van der Waals surface area contributed by atoms with E-state index in [9.17, 15) is 9.59 Å². The first kappa shape index (κ1) is 23.6. The number of carbonyl (C=O) groups excluding carboxylic acids is 2. The number of carbonyl (C=O) groups is 2. The van der Waals surface area contributed by atoms with Crippen LogP contribution in [0.2, 0.25) is 5.02 Å². The van der Waals surface area contributed by atoms with Crippen molar-refractivity contribution in [2.24, 2.45) is 5.92 Å².